The van der Waals surface area contributed by atoms with Crippen molar-refractivity contribution in [2.75, 3.05) is 26.7 Å². The maximum atomic E-state index is 11.5. The van der Waals surface area contributed by atoms with Crippen LogP contribution in [0.2, 0.25) is 0 Å². The molecule has 0 fully saturated rings. The lowest BCUT2D eigenvalue weighted by molar-refractivity contribution is -0.122. The van der Waals surface area contributed by atoms with Crippen molar-refractivity contribution in [3.05, 3.63) is 35.9 Å². The topological polar surface area (TPSA) is 44.4 Å². The summed E-state index contributed by atoms with van der Waals surface area (Å²) in [7, 11) is 2.13. The third-order valence-corrected chi connectivity index (χ3v) is 3.21. The van der Waals surface area contributed by atoms with Crippen LogP contribution >= 0.6 is 0 Å². The molecule has 0 saturated carbocycles. The number of rotatable bonds is 9. The van der Waals surface area contributed by atoms with Gasteiger partial charge in [0.1, 0.15) is 0 Å². The Morgan fingerprint density at radius 1 is 1.30 bits per heavy atom. The van der Waals surface area contributed by atoms with Gasteiger partial charge in [0.05, 0.1) is 6.04 Å². The summed E-state index contributed by atoms with van der Waals surface area (Å²) >= 11 is 0. The monoisotopic (exact) mass is 277 g/mol. The average molecular weight is 277 g/mol. The SMILES string of the molecule is CCNC(=O)C(C)NCCCN(C)Cc1ccccc1. The standard InChI is InChI=1S/C16H27N3O/c1-4-17-16(20)14(2)18-11-8-12-19(3)13-15-9-6-5-7-10-15/h5-7,9-10,14,18H,4,8,11-13H2,1-3H3,(H,17,20). The molecule has 0 spiro atoms. The van der Waals surface area contributed by atoms with Gasteiger partial charge in [-0.15, -0.1) is 0 Å². The maximum absolute atomic E-state index is 11.5. The molecule has 4 nitrogen and oxygen atoms in total. The Kier molecular flexibility index (Phi) is 7.92. The number of nitrogens with zero attached hydrogens (tertiary/aromatic N) is 1. The third kappa shape index (κ3) is 6.68. The summed E-state index contributed by atoms with van der Waals surface area (Å²) in [5, 5.41) is 6.06. The summed E-state index contributed by atoms with van der Waals surface area (Å²) in [6.45, 7) is 7.36. The van der Waals surface area contributed by atoms with Crippen LogP contribution in [-0.4, -0.2) is 43.5 Å². The van der Waals surface area contributed by atoms with Crippen LogP contribution in [0.15, 0.2) is 30.3 Å². The second-order valence-electron chi connectivity index (χ2n) is 5.15. The van der Waals surface area contributed by atoms with E-state index in [-0.39, 0.29) is 11.9 Å². The van der Waals surface area contributed by atoms with E-state index in [0.29, 0.717) is 6.54 Å². The van der Waals surface area contributed by atoms with Gasteiger partial charge in [-0.1, -0.05) is 30.3 Å². The molecule has 4 heteroatoms. The highest BCUT2D eigenvalue weighted by molar-refractivity contribution is 5.81. The first-order valence-electron chi connectivity index (χ1n) is 7.37. The molecule has 0 aromatic heterocycles. The zero-order valence-electron chi connectivity index (χ0n) is 12.9. The van der Waals surface area contributed by atoms with Crippen LogP contribution in [-0.2, 0) is 11.3 Å². The van der Waals surface area contributed by atoms with Crippen molar-refractivity contribution < 1.29 is 4.79 Å². The zero-order valence-corrected chi connectivity index (χ0v) is 12.9. The normalized spacial score (nSPS) is 12.4. The molecule has 2 N–H and O–H groups in total. The molecule has 1 amide bonds. The number of hydrogen-bond donors (Lipinski definition) is 2. The second-order valence-corrected chi connectivity index (χ2v) is 5.15. The molecule has 1 atom stereocenters. The molecule has 1 unspecified atom stereocenters. The van der Waals surface area contributed by atoms with Crippen molar-refractivity contribution in [1.82, 2.24) is 15.5 Å². The maximum Gasteiger partial charge on any atom is 0.236 e. The van der Waals surface area contributed by atoms with Crippen molar-refractivity contribution in [2.45, 2.75) is 32.9 Å². The first-order chi connectivity index (χ1) is 9.63. The van der Waals surface area contributed by atoms with Gasteiger partial charge in [0.2, 0.25) is 5.91 Å². The molecule has 0 saturated heterocycles. The average Bonchev–Trinajstić information content (AvgIpc) is 2.44. The summed E-state index contributed by atoms with van der Waals surface area (Å²) in [6, 6.07) is 10.3. The lowest BCUT2D eigenvalue weighted by atomic mass is 10.2. The Labute approximate surface area is 122 Å². The van der Waals surface area contributed by atoms with E-state index >= 15 is 0 Å². The minimum absolute atomic E-state index is 0.0742. The summed E-state index contributed by atoms with van der Waals surface area (Å²) in [5.74, 6) is 0.0742. The lowest BCUT2D eigenvalue weighted by Crippen LogP contribution is -2.42. The number of benzene rings is 1. The Hall–Kier alpha value is -1.39. The molecular formula is C16H27N3O. The molecule has 0 bridgehead atoms. The minimum atomic E-state index is -0.116. The molecular weight excluding hydrogens is 250 g/mol. The second kappa shape index (κ2) is 9.50. The van der Waals surface area contributed by atoms with Crippen LogP contribution in [0.4, 0.5) is 0 Å². The fraction of sp³-hybridized carbons (Fsp3) is 0.562. The Morgan fingerprint density at radius 2 is 2.00 bits per heavy atom. The Balaban J connectivity index is 2.13. The van der Waals surface area contributed by atoms with Gasteiger partial charge >= 0.3 is 0 Å². The molecule has 20 heavy (non-hydrogen) atoms. The van der Waals surface area contributed by atoms with Crippen molar-refractivity contribution in [2.24, 2.45) is 0 Å². The van der Waals surface area contributed by atoms with Crippen molar-refractivity contribution >= 4 is 5.91 Å². The highest BCUT2D eigenvalue weighted by Crippen LogP contribution is 2.02. The van der Waals surface area contributed by atoms with Crippen LogP contribution in [0, 0.1) is 0 Å². The van der Waals surface area contributed by atoms with Gasteiger partial charge < -0.3 is 15.5 Å². The summed E-state index contributed by atoms with van der Waals surface area (Å²) < 4.78 is 0. The number of nitrogens with one attached hydrogen (secondary N) is 2. The molecule has 1 rings (SSSR count). The van der Waals surface area contributed by atoms with Gasteiger partial charge in [0.25, 0.3) is 0 Å². The van der Waals surface area contributed by atoms with E-state index in [2.05, 4.69) is 46.8 Å². The Morgan fingerprint density at radius 3 is 2.65 bits per heavy atom. The molecule has 0 aliphatic rings. The van der Waals surface area contributed by atoms with Gasteiger partial charge in [-0.25, -0.2) is 0 Å². The van der Waals surface area contributed by atoms with Gasteiger partial charge in [-0.3, -0.25) is 4.79 Å². The van der Waals surface area contributed by atoms with Gasteiger partial charge in [-0.05, 0) is 46.0 Å². The van der Waals surface area contributed by atoms with Crippen molar-refractivity contribution in [1.29, 1.82) is 0 Å². The smallest absolute Gasteiger partial charge is 0.236 e. The molecule has 0 aliphatic heterocycles. The third-order valence-electron chi connectivity index (χ3n) is 3.21. The lowest BCUT2D eigenvalue weighted by Gasteiger charge is -2.18. The quantitative estimate of drug-likeness (QED) is 0.674. The first-order valence-corrected chi connectivity index (χ1v) is 7.37. The van der Waals surface area contributed by atoms with Crippen LogP contribution in [0.3, 0.4) is 0 Å². The number of carbonyl (C=O) groups is 1. The number of amides is 1. The number of hydrogen-bond acceptors (Lipinski definition) is 3. The van der Waals surface area contributed by atoms with E-state index < -0.39 is 0 Å². The Bertz CT molecular complexity index is 381. The minimum Gasteiger partial charge on any atom is -0.355 e. The zero-order chi connectivity index (χ0) is 14.8. The van der Waals surface area contributed by atoms with Crippen molar-refractivity contribution in [3.63, 3.8) is 0 Å². The predicted octanol–water partition coefficient (Wildman–Crippen LogP) is 1.62. The summed E-state index contributed by atoms with van der Waals surface area (Å²) in [5.41, 5.74) is 1.33. The largest absolute Gasteiger partial charge is 0.355 e. The highest BCUT2D eigenvalue weighted by atomic mass is 16.2. The number of carbonyl (C=O) groups excluding carboxylic acids is 1. The van der Waals surface area contributed by atoms with Crippen LogP contribution in [0.25, 0.3) is 0 Å². The highest BCUT2D eigenvalue weighted by Gasteiger charge is 2.09. The number of likely N-dealkylation sites (N-methyl/N-ethyl adjacent to an activating group) is 1. The van der Waals surface area contributed by atoms with Crippen molar-refractivity contribution in [3.8, 4) is 0 Å². The van der Waals surface area contributed by atoms with Crippen LogP contribution in [0.5, 0.6) is 0 Å². The van der Waals surface area contributed by atoms with Gasteiger partial charge in [-0.2, -0.15) is 0 Å². The van der Waals surface area contributed by atoms with E-state index in [1.54, 1.807) is 0 Å². The summed E-state index contributed by atoms with van der Waals surface area (Å²) in [6.07, 6.45) is 1.03. The predicted molar refractivity (Wildman–Crippen MR) is 83.5 cm³/mol. The fourth-order valence-electron chi connectivity index (χ4n) is 2.06. The van der Waals surface area contributed by atoms with E-state index in [4.69, 9.17) is 0 Å². The van der Waals surface area contributed by atoms with E-state index in [0.717, 1.165) is 26.1 Å². The molecule has 1 aromatic carbocycles. The summed E-state index contributed by atoms with van der Waals surface area (Å²) in [4.78, 5) is 13.8. The van der Waals surface area contributed by atoms with E-state index in [9.17, 15) is 4.79 Å². The van der Waals surface area contributed by atoms with Crippen LogP contribution in [0.1, 0.15) is 25.8 Å². The van der Waals surface area contributed by atoms with Gasteiger partial charge in [0.15, 0.2) is 0 Å². The van der Waals surface area contributed by atoms with E-state index in [1.807, 2.05) is 19.9 Å². The first kappa shape index (κ1) is 16.7. The molecule has 1 aromatic rings. The van der Waals surface area contributed by atoms with E-state index in [1.165, 1.54) is 5.56 Å². The van der Waals surface area contributed by atoms with Crippen LogP contribution < -0.4 is 10.6 Å². The molecule has 0 heterocycles. The molecule has 112 valence electrons. The molecule has 0 radical (unpaired) electrons. The molecule has 0 aliphatic carbocycles. The fourth-order valence-corrected chi connectivity index (χ4v) is 2.06. The van der Waals surface area contributed by atoms with Gasteiger partial charge in [0, 0.05) is 13.1 Å².